The SMILES string of the molecule is CCCCC(=O)NC(C)c1ccc(-n2ccnc2)cc1. The lowest BCUT2D eigenvalue weighted by Gasteiger charge is -2.15. The van der Waals surface area contributed by atoms with Crippen LogP contribution < -0.4 is 5.32 Å². The fraction of sp³-hybridized carbons (Fsp3) is 0.375. The second-order valence-corrected chi connectivity index (χ2v) is 4.95. The van der Waals surface area contributed by atoms with E-state index in [4.69, 9.17) is 0 Å². The van der Waals surface area contributed by atoms with Gasteiger partial charge in [-0.25, -0.2) is 4.98 Å². The third kappa shape index (κ3) is 3.70. The quantitative estimate of drug-likeness (QED) is 0.876. The van der Waals surface area contributed by atoms with Crippen LogP contribution in [0.5, 0.6) is 0 Å². The minimum absolute atomic E-state index is 0.0381. The molecule has 0 aliphatic rings. The molecule has 0 fully saturated rings. The van der Waals surface area contributed by atoms with E-state index in [2.05, 4.69) is 17.2 Å². The molecule has 1 atom stereocenters. The Balaban J connectivity index is 1.97. The van der Waals surface area contributed by atoms with E-state index < -0.39 is 0 Å². The van der Waals surface area contributed by atoms with Gasteiger partial charge in [-0.05, 0) is 31.0 Å². The van der Waals surface area contributed by atoms with Gasteiger partial charge in [0.25, 0.3) is 0 Å². The Kier molecular flexibility index (Phi) is 4.93. The molecule has 1 amide bonds. The molecule has 0 aliphatic carbocycles. The van der Waals surface area contributed by atoms with E-state index in [0.29, 0.717) is 6.42 Å². The third-order valence-corrected chi connectivity index (χ3v) is 3.33. The van der Waals surface area contributed by atoms with Gasteiger partial charge in [-0.1, -0.05) is 25.5 Å². The molecule has 1 aromatic carbocycles. The summed E-state index contributed by atoms with van der Waals surface area (Å²) in [5, 5.41) is 3.03. The monoisotopic (exact) mass is 271 g/mol. The molecule has 0 aliphatic heterocycles. The van der Waals surface area contributed by atoms with Crippen molar-refractivity contribution in [3.05, 3.63) is 48.5 Å². The molecule has 2 rings (SSSR count). The van der Waals surface area contributed by atoms with E-state index in [1.165, 1.54) is 0 Å². The molecule has 1 aromatic heterocycles. The van der Waals surface area contributed by atoms with E-state index in [9.17, 15) is 4.79 Å². The lowest BCUT2D eigenvalue weighted by Crippen LogP contribution is -2.26. The van der Waals surface area contributed by atoms with Crippen LogP contribution in [-0.4, -0.2) is 15.5 Å². The summed E-state index contributed by atoms with van der Waals surface area (Å²) < 4.78 is 1.95. The lowest BCUT2D eigenvalue weighted by atomic mass is 10.1. The molecule has 4 heteroatoms. The predicted octanol–water partition coefficient (Wildman–Crippen LogP) is 3.24. The number of amides is 1. The Hall–Kier alpha value is -2.10. The van der Waals surface area contributed by atoms with Gasteiger partial charge in [-0.2, -0.15) is 0 Å². The van der Waals surface area contributed by atoms with Crippen LogP contribution in [-0.2, 0) is 4.79 Å². The Morgan fingerprint density at radius 3 is 2.70 bits per heavy atom. The zero-order chi connectivity index (χ0) is 14.4. The van der Waals surface area contributed by atoms with E-state index in [1.54, 1.807) is 12.5 Å². The van der Waals surface area contributed by atoms with Crippen molar-refractivity contribution in [3.63, 3.8) is 0 Å². The normalized spacial score (nSPS) is 12.1. The Morgan fingerprint density at radius 1 is 1.35 bits per heavy atom. The van der Waals surface area contributed by atoms with Gasteiger partial charge in [0.1, 0.15) is 0 Å². The lowest BCUT2D eigenvalue weighted by molar-refractivity contribution is -0.121. The number of benzene rings is 1. The molecule has 1 N–H and O–H groups in total. The molecule has 0 saturated heterocycles. The summed E-state index contributed by atoms with van der Waals surface area (Å²) in [5.74, 6) is 0.123. The molecular weight excluding hydrogens is 250 g/mol. The van der Waals surface area contributed by atoms with Crippen LogP contribution in [0.3, 0.4) is 0 Å². The molecule has 20 heavy (non-hydrogen) atoms. The summed E-state index contributed by atoms with van der Waals surface area (Å²) in [6.45, 7) is 4.10. The van der Waals surface area contributed by atoms with E-state index >= 15 is 0 Å². The number of imidazole rings is 1. The zero-order valence-corrected chi connectivity index (χ0v) is 12.0. The van der Waals surface area contributed by atoms with Gasteiger partial charge in [0.2, 0.25) is 5.91 Å². The van der Waals surface area contributed by atoms with Crippen LogP contribution in [0.2, 0.25) is 0 Å². The first-order valence-electron chi connectivity index (χ1n) is 7.08. The highest BCUT2D eigenvalue weighted by molar-refractivity contribution is 5.76. The topological polar surface area (TPSA) is 46.9 Å². The highest BCUT2D eigenvalue weighted by Crippen LogP contribution is 2.16. The van der Waals surface area contributed by atoms with Gasteiger partial charge in [0.05, 0.1) is 12.4 Å². The van der Waals surface area contributed by atoms with E-state index in [1.807, 2.05) is 42.0 Å². The van der Waals surface area contributed by atoms with Crippen molar-refractivity contribution in [2.75, 3.05) is 0 Å². The van der Waals surface area contributed by atoms with Gasteiger partial charge in [0, 0.05) is 24.5 Å². The average Bonchev–Trinajstić information content (AvgIpc) is 2.99. The maximum Gasteiger partial charge on any atom is 0.220 e. The molecule has 2 aromatic rings. The van der Waals surface area contributed by atoms with Crippen molar-refractivity contribution in [2.24, 2.45) is 0 Å². The Labute approximate surface area is 119 Å². The summed E-state index contributed by atoms with van der Waals surface area (Å²) >= 11 is 0. The first kappa shape index (κ1) is 14.3. The number of unbranched alkanes of at least 4 members (excludes halogenated alkanes) is 1. The number of rotatable bonds is 6. The van der Waals surface area contributed by atoms with E-state index in [-0.39, 0.29) is 11.9 Å². The fourth-order valence-corrected chi connectivity index (χ4v) is 2.08. The van der Waals surface area contributed by atoms with Crippen LogP contribution in [0.15, 0.2) is 43.0 Å². The first-order valence-corrected chi connectivity index (χ1v) is 7.08. The van der Waals surface area contributed by atoms with Gasteiger partial charge < -0.3 is 9.88 Å². The molecule has 0 saturated carbocycles. The van der Waals surface area contributed by atoms with Crippen LogP contribution in [0.25, 0.3) is 5.69 Å². The van der Waals surface area contributed by atoms with Gasteiger partial charge in [-0.15, -0.1) is 0 Å². The molecular formula is C16H21N3O. The van der Waals surface area contributed by atoms with Crippen molar-refractivity contribution >= 4 is 5.91 Å². The number of hydrogen-bond acceptors (Lipinski definition) is 2. The van der Waals surface area contributed by atoms with Crippen molar-refractivity contribution in [2.45, 2.75) is 39.2 Å². The number of nitrogens with zero attached hydrogens (tertiary/aromatic N) is 2. The number of aromatic nitrogens is 2. The standard InChI is InChI=1S/C16H21N3O/c1-3-4-5-16(20)18-13(2)14-6-8-15(9-7-14)19-11-10-17-12-19/h6-13H,3-5H2,1-2H3,(H,18,20). The number of carbonyl (C=O) groups excluding carboxylic acids is 1. The average molecular weight is 271 g/mol. The Bertz CT molecular complexity index is 531. The number of carbonyl (C=O) groups is 1. The fourth-order valence-electron chi connectivity index (χ4n) is 2.08. The minimum Gasteiger partial charge on any atom is -0.350 e. The van der Waals surface area contributed by atoms with Crippen LogP contribution in [0.1, 0.15) is 44.7 Å². The molecule has 0 radical (unpaired) electrons. The first-order chi connectivity index (χ1) is 9.70. The Morgan fingerprint density at radius 2 is 2.10 bits per heavy atom. The van der Waals surface area contributed by atoms with Crippen LogP contribution in [0, 0.1) is 0 Å². The van der Waals surface area contributed by atoms with Crippen molar-refractivity contribution < 1.29 is 4.79 Å². The highest BCUT2D eigenvalue weighted by Gasteiger charge is 2.09. The van der Waals surface area contributed by atoms with Gasteiger partial charge in [0.15, 0.2) is 0 Å². The largest absolute Gasteiger partial charge is 0.350 e. The minimum atomic E-state index is 0.0381. The van der Waals surface area contributed by atoms with E-state index in [0.717, 1.165) is 24.1 Å². The van der Waals surface area contributed by atoms with Crippen molar-refractivity contribution in [1.29, 1.82) is 0 Å². The van der Waals surface area contributed by atoms with Gasteiger partial charge >= 0.3 is 0 Å². The third-order valence-electron chi connectivity index (χ3n) is 3.33. The highest BCUT2D eigenvalue weighted by atomic mass is 16.1. The second-order valence-electron chi connectivity index (χ2n) is 4.95. The maximum absolute atomic E-state index is 11.7. The molecule has 1 heterocycles. The zero-order valence-electron chi connectivity index (χ0n) is 12.0. The van der Waals surface area contributed by atoms with Gasteiger partial charge in [-0.3, -0.25) is 4.79 Å². The number of hydrogen-bond donors (Lipinski definition) is 1. The maximum atomic E-state index is 11.7. The molecule has 106 valence electrons. The predicted molar refractivity (Wildman–Crippen MR) is 79.6 cm³/mol. The van der Waals surface area contributed by atoms with Crippen LogP contribution >= 0.6 is 0 Å². The van der Waals surface area contributed by atoms with Crippen LogP contribution in [0.4, 0.5) is 0 Å². The smallest absolute Gasteiger partial charge is 0.220 e. The summed E-state index contributed by atoms with van der Waals surface area (Å²) in [7, 11) is 0. The second kappa shape index (κ2) is 6.89. The molecule has 0 spiro atoms. The van der Waals surface area contributed by atoms with Crippen molar-refractivity contribution in [3.8, 4) is 5.69 Å². The summed E-state index contributed by atoms with van der Waals surface area (Å²) in [4.78, 5) is 15.7. The molecule has 4 nitrogen and oxygen atoms in total. The van der Waals surface area contributed by atoms with Crippen molar-refractivity contribution in [1.82, 2.24) is 14.9 Å². The molecule has 1 unspecified atom stereocenters. The summed E-state index contributed by atoms with van der Waals surface area (Å²) in [5.41, 5.74) is 2.18. The number of nitrogens with one attached hydrogen (secondary N) is 1. The molecule has 0 bridgehead atoms. The summed E-state index contributed by atoms with van der Waals surface area (Å²) in [6, 6.07) is 8.19. The summed E-state index contributed by atoms with van der Waals surface area (Å²) in [6.07, 6.45) is 8.02.